The first-order valence-electron chi connectivity index (χ1n) is 6.94. The topological polar surface area (TPSA) is 37.3 Å². The van der Waals surface area contributed by atoms with Crippen molar-refractivity contribution in [2.24, 2.45) is 29.1 Å². The minimum Gasteiger partial charge on any atom is -0.481 e. The van der Waals surface area contributed by atoms with E-state index in [1.165, 1.54) is 38.5 Å². The minimum absolute atomic E-state index is 0.227. The van der Waals surface area contributed by atoms with Crippen molar-refractivity contribution in [3.05, 3.63) is 0 Å². The molecule has 1 N–H and O–H groups in total. The van der Waals surface area contributed by atoms with E-state index < -0.39 is 5.97 Å². The second-order valence-electron chi connectivity index (χ2n) is 6.84. The fourth-order valence-electron chi connectivity index (χ4n) is 5.29. The van der Waals surface area contributed by atoms with Crippen LogP contribution in [0.5, 0.6) is 0 Å². The monoisotopic (exact) mass is 254 g/mol. The largest absolute Gasteiger partial charge is 0.481 e. The molecule has 2 nitrogen and oxygen atoms in total. The summed E-state index contributed by atoms with van der Waals surface area (Å²) in [6.07, 6.45) is 9.08. The van der Waals surface area contributed by atoms with Gasteiger partial charge in [0.1, 0.15) is 0 Å². The lowest BCUT2D eigenvalue weighted by Crippen LogP contribution is -2.47. The van der Waals surface area contributed by atoms with Crippen molar-refractivity contribution in [1.82, 2.24) is 0 Å². The zero-order chi connectivity index (χ0) is 12.0. The van der Waals surface area contributed by atoms with E-state index in [1.54, 1.807) is 0 Å². The van der Waals surface area contributed by atoms with Crippen LogP contribution < -0.4 is 0 Å². The SMILES string of the molecule is O=C(O)C(CS)CC12CC3CC(CC(C3)C1)C2. The van der Waals surface area contributed by atoms with Crippen LogP contribution in [-0.4, -0.2) is 16.8 Å². The molecule has 0 spiro atoms. The highest BCUT2D eigenvalue weighted by Gasteiger charge is 2.51. The Balaban J connectivity index is 1.75. The van der Waals surface area contributed by atoms with Crippen LogP contribution in [0.3, 0.4) is 0 Å². The Morgan fingerprint density at radius 1 is 1.18 bits per heavy atom. The van der Waals surface area contributed by atoms with E-state index in [4.69, 9.17) is 0 Å². The molecule has 17 heavy (non-hydrogen) atoms. The molecule has 0 heterocycles. The lowest BCUT2D eigenvalue weighted by atomic mass is 9.48. The molecule has 4 rings (SSSR count). The summed E-state index contributed by atoms with van der Waals surface area (Å²) in [4.78, 5) is 11.2. The van der Waals surface area contributed by atoms with Crippen molar-refractivity contribution in [3.8, 4) is 0 Å². The molecule has 1 atom stereocenters. The van der Waals surface area contributed by atoms with Gasteiger partial charge in [0.2, 0.25) is 0 Å². The van der Waals surface area contributed by atoms with Gasteiger partial charge in [-0.2, -0.15) is 12.6 Å². The summed E-state index contributed by atoms with van der Waals surface area (Å²) in [7, 11) is 0. The lowest BCUT2D eigenvalue weighted by Gasteiger charge is -2.57. The number of hydrogen-bond donors (Lipinski definition) is 2. The standard InChI is InChI=1S/C14H22O2S/c15-13(16)12(8-17)7-14-4-9-1-10(5-14)3-11(2-9)6-14/h9-12,17H,1-8H2,(H,15,16). The molecule has 4 aliphatic carbocycles. The highest BCUT2D eigenvalue weighted by atomic mass is 32.1. The van der Waals surface area contributed by atoms with Crippen LogP contribution in [0.1, 0.15) is 44.9 Å². The summed E-state index contributed by atoms with van der Waals surface area (Å²) >= 11 is 4.22. The Labute approximate surface area is 109 Å². The van der Waals surface area contributed by atoms with Crippen LogP contribution >= 0.6 is 12.6 Å². The Morgan fingerprint density at radius 2 is 1.65 bits per heavy atom. The third-order valence-corrected chi connectivity index (χ3v) is 5.85. The molecule has 3 heteroatoms. The second kappa shape index (κ2) is 4.18. The molecule has 0 saturated heterocycles. The van der Waals surface area contributed by atoms with Crippen LogP contribution in [0.2, 0.25) is 0 Å². The van der Waals surface area contributed by atoms with Gasteiger partial charge in [0.15, 0.2) is 0 Å². The Hall–Kier alpha value is -0.180. The quantitative estimate of drug-likeness (QED) is 0.756. The van der Waals surface area contributed by atoms with Gasteiger partial charge < -0.3 is 5.11 Å². The summed E-state index contributed by atoms with van der Waals surface area (Å²) in [6.45, 7) is 0. The molecule has 0 radical (unpaired) electrons. The molecule has 96 valence electrons. The number of carboxylic acids is 1. The molecular weight excluding hydrogens is 232 g/mol. The number of aliphatic carboxylic acids is 1. The van der Waals surface area contributed by atoms with Gasteiger partial charge in [-0.25, -0.2) is 0 Å². The average Bonchev–Trinajstić information content (AvgIpc) is 2.23. The smallest absolute Gasteiger partial charge is 0.307 e. The van der Waals surface area contributed by atoms with E-state index in [2.05, 4.69) is 12.6 Å². The van der Waals surface area contributed by atoms with Crippen LogP contribution in [0, 0.1) is 29.1 Å². The molecule has 0 amide bonds. The Bertz CT molecular complexity index is 291. The molecule has 0 aliphatic heterocycles. The van der Waals surface area contributed by atoms with Crippen molar-refractivity contribution in [1.29, 1.82) is 0 Å². The third kappa shape index (κ3) is 2.11. The molecule has 0 aromatic carbocycles. The summed E-state index contributed by atoms with van der Waals surface area (Å²) in [5, 5.41) is 9.23. The first-order valence-corrected chi connectivity index (χ1v) is 7.57. The van der Waals surface area contributed by atoms with Gasteiger partial charge in [0.05, 0.1) is 5.92 Å². The molecular formula is C14H22O2S. The summed E-state index contributed by atoms with van der Waals surface area (Å²) in [6, 6.07) is 0. The van der Waals surface area contributed by atoms with Gasteiger partial charge in [-0.1, -0.05) is 0 Å². The summed E-state index contributed by atoms with van der Waals surface area (Å²) < 4.78 is 0. The summed E-state index contributed by atoms with van der Waals surface area (Å²) in [5.41, 5.74) is 0.376. The molecule has 0 aromatic heterocycles. The van der Waals surface area contributed by atoms with Crippen molar-refractivity contribution in [3.63, 3.8) is 0 Å². The zero-order valence-corrected chi connectivity index (χ0v) is 11.2. The maximum absolute atomic E-state index is 11.2. The van der Waals surface area contributed by atoms with Crippen molar-refractivity contribution in [2.45, 2.75) is 44.9 Å². The number of carboxylic acid groups (broad SMARTS) is 1. The normalized spacial score (nSPS) is 44.9. The fraction of sp³-hybridized carbons (Fsp3) is 0.929. The molecule has 4 aliphatic rings. The lowest BCUT2D eigenvalue weighted by molar-refractivity contribution is -0.144. The van der Waals surface area contributed by atoms with Crippen LogP contribution in [0.25, 0.3) is 0 Å². The number of carbonyl (C=O) groups is 1. The van der Waals surface area contributed by atoms with E-state index in [0.717, 1.165) is 24.2 Å². The summed E-state index contributed by atoms with van der Waals surface area (Å²) in [5.74, 6) is 2.36. The molecule has 4 fully saturated rings. The predicted molar refractivity (Wildman–Crippen MR) is 70.2 cm³/mol. The van der Waals surface area contributed by atoms with Gasteiger partial charge >= 0.3 is 5.97 Å². The highest BCUT2D eigenvalue weighted by molar-refractivity contribution is 7.80. The molecule has 4 saturated carbocycles. The van der Waals surface area contributed by atoms with Crippen molar-refractivity contribution < 1.29 is 9.90 Å². The highest BCUT2D eigenvalue weighted by Crippen LogP contribution is 2.62. The Kier molecular flexibility index (Phi) is 2.92. The fourth-order valence-corrected chi connectivity index (χ4v) is 5.58. The van der Waals surface area contributed by atoms with Gasteiger partial charge in [-0.3, -0.25) is 4.79 Å². The Morgan fingerprint density at radius 3 is 2.00 bits per heavy atom. The van der Waals surface area contributed by atoms with Crippen LogP contribution in [0.15, 0.2) is 0 Å². The van der Waals surface area contributed by atoms with Crippen LogP contribution in [0.4, 0.5) is 0 Å². The maximum Gasteiger partial charge on any atom is 0.307 e. The van der Waals surface area contributed by atoms with Gasteiger partial charge in [-0.15, -0.1) is 0 Å². The first kappa shape index (κ1) is 11.9. The van der Waals surface area contributed by atoms with E-state index >= 15 is 0 Å². The third-order valence-electron chi connectivity index (χ3n) is 5.41. The first-order chi connectivity index (χ1) is 8.10. The van der Waals surface area contributed by atoms with Crippen LogP contribution in [-0.2, 0) is 4.79 Å². The van der Waals surface area contributed by atoms with Gasteiger partial charge in [-0.05, 0) is 68.1 Å². The molecule has 1 unspecified atom stereocenters. The predicted octanol–water partition coefficient (Wildman–Crippen LogP) is 3.22. The maximum atomic E-state index is 11.2. The average molecular weight is 254 g/mol. The second-order valence-corrected chi connectivity index (χ2v) is 7.20. The minimum atomic E-state index is -0.643. The molecule has 4 bridgehead atoms. The van der Waals surface area contributed by atoms with Gasteiger partial charge in [0, 0.05) is 5.75 Å². The molecule has 0 aromatic rings. The zero-order valence-electron chi connectivity index (χ0n) is 10.3. The van der Waals surface area contributed by atoms with Crippen molar-refractivity contribution >= 4 is 18.6 Å². The number of hydrogen-bond acceptors (Lipinski definition) is 2. The van der Waals surface area contributed by atoms with Gasteiger partial charge in [0.25, 0.3) is 0 Å². The number of rotatable bonds is 4. The van der Waals surface area contributed by atoms with E-state index in [1.807, 2.05) is 0 Å². The van der Waals surface area contributed by atoms with E-state index in [0.29, 0.717) is 11.2 Å². The van der Waals surface area contributed by atoms with E-state index in [9.17, 15) is 9.90 Å². The number of thiol groups is 1. The van der Waals surface area contributed by atoms with E-state index in [-0.39, 0.29) is 5.92 Å². The van der Waals surface area contributed by atoms with Crippen molar-refractivity contribution in [2.75, 3.05) is 5.75 Å².